The summed E-state index contributed by atoms with van der Waals surface area (Å²) in [5, 5.41) is 4.09. The zero-order valence-electron chi connectivity index (χ0n) is 16.5. The van der Waals surface area contributed by atoms with Crippen molar-refractivity contribution in [3.05, 3.63) is 53.1 Å². The van der Waals surface area contributed by atoms with Crippen LogP contribution in [0.2, 0.25) is 0 Å². The number of amides is 1. The number of hydrogen-bond acceptors (Lipinski definition) is 6. The Labute approximate surface area is 172 Å². The molecule has 156 valence electrons. The molecule has 0 N–H and O–H groups in total. The summed E-state index contributed by atoms with van der Waals surface area (Å²) in [5.74, 6) is -0.0711. The number of piperidine rings is 1. The molecule has 0 radical (unpaired) electrons. The molecule has 0 bridgehead atoms. The van der Waals surface area contributed by atoms with Crippen LogP contribution in [0, 0.1) is 5.82 Å². The Balaban J connectivity index is 1.37. The number of hydrogen-bond donors (Lipinski definition) is 0. The van der Waals surface area contributed by atoms with Gasteiger partial charge in [-0.15, -0.1) is 0 Å². The molecule has 0 saturated carbocycles. The van der Waals surface area contributed by atoms with Crippen LogP contribution in [-0.4, -0.2) is 57.0 Å². The number of aromatic nitrogens is 3. The summed E-state index contributed by atoms with van der Waals surface area (Å²) in [4.78, 5) is 25.1. The standard InChI is InChI=1S/C21H21F2N5O2/c1-27-11-16-12(8-18(27)23)2-5-15-6-3-13(10-28(15)21(16)29)19-25-20(30-26-19)17-7-4-14(22)9-24-17/h4,7-9,13,15H,2-3,5-6,10-11H2,1H3. The van der Waals surface area contributed by atoms with Crippen LogP contribution in [0.4, 0.5) is 8.78 Å². The van der Waals surface area contributed by atoms with Gasteiger partial charge in [0, 0.05) is 31.1 Å². The third-order valence-corrected chi connectivity index (χ3v) is 6.17. The summed E-state index contributed by atoms with van der Waals surface area (Å²) >= 11 is 0. The zero-order valence-corrected chi connectivity index (χ0v) is 16.5. The van der Waals surface area contributed by atoms with Crippen LogP contribution in [-0.2, 0) is 4.79 Å². The first-order valence-electron chi connectivity index (χ1n) is 10.1. The monoisotopic (exact) mass is 413 g/mol. The van der Waals surface area contributed by atoms with Crippen molar-refractivity contribution in [1.82, 2.24) is 24.9 Å². The van der Waals surface area contributed by atoms with Crippen LogP contribution in [0.3, 0.4) is 0 Å². The molecule has 30 heavy (non-hydrogen) atoms. The number of allylic oxidation sites excluding steroid dienone is 2. The van der Waals surface area contributed by atoms with Crippen LogP contribution >= 0.6 is 0 Å². The van der Waals surface area contributed by atoms with Gasteiger partial charge in [-0.05, 0) is 49.5 Å². The first-order chi connectivity index (χ1) is 14.5. The van der Waals surface area contributed by atoms with E-state index >= 15 is 0 Å². The fourth-order valence-electron chi connectivity index (χ4n) is 4.47. The van der Waals surface area contributed by atoms with Gasteiger partial charge >= 0.3 is 0 Å². The molecule has 2 atom stereocenters. The zero-order chi connectivity index (χ0) is 20.8. The lowest BCUT2D eigenvalue weighted by atomic mass is 9.90. The Hall–Kier alpha value is -3.10. The summed E-state index contributed by atoms with van der Waals surface area (Å²) in [6.45, 7) is 0.777. The minimum atomic E-state index is -0.437. The number of carbonyl (C=O) groups is 1. The smallest absolute Gasteiger partial charge is 0.276 e. The number of fused-ring (bicyclic) bond motifs is 1. The SMILES string of the molecule is CN1CC2=C(C=C1F)CCC1CCC(c3noc(-c4ccc(F)cn4)n3)CN1C2=O. The highest BCUT2D eigenvalue weighted by Gasteiger charge is 2.39. The molecular formula is C21H21F2N5O2. The third kappa shape index (κ3) is 3.28. The topological polar surface area (TPSA) is 75.4 Å². The highest BCUT2D eigenvalue weighted by Crippen LogP contribution is 2.37. The highest BCUT2D eigenvalue weighted by molar-refractivity contribution is 5.96. The minimum Gasteiger partial charge on any atom is -0.347 e. The first kappa shape index (κ1) is 18.9. The molecule has 2 aromatic heterocycles. The maximum Gasteiger partial charge on any atom is 0.276 e. The van der Waals surface area contributed by atoms with Crippen molar-refractivity contribution in [2.75, 3.05) is 20.1 Å². The Morgan fingerprint density at radius 2 is 2.07 bits per heavy atom. The number of halogens is 2. The molecule has 0 spiro atoms. The number of rotatable bonds is 2. The van der Waals surface area contributed by atoms with Gasteiger partial charge in [0.25, 0.3) is 11.8 Å². The van der Waals surface area contributed by atoms with E-state index in [4.69, 9.17) is 4.52 Å². The lowest BCUT2D eigenvalue weighted by Crippen LogP contribution is -2.47. The van der Waals surface area contributed by atoms with Crippen LogP contribution in [0.1, 0.15) is 37.4 Å². The van der Waals surface area contributed by atoms with E-state index in [1.807, 2.05) is 4.90 Å². The second-order valence-corrected chi connectivity index (χ2v) is 8.07. The molecule has 5 heterocycles. The quantitative estimate of drug-likeness (QED) is 0.704. The molecule has 3 aliphatic rings. The van der Waals surface area contributed by atoms with Gasteiger partial charge in [0.15, 0.2) is 11.8 Å². The van der Waals surface area contributed by atoms with Gasteiger partial charge in [-0.25, -0.2) is 9.37 Å². The molecule has 0 aliphatic carbocycles. The maximum atomic E-state index is 14.0. The van der Waals surface area contributed by atoms with E-state index < -0.39 is 5.82 Å². The van der Waals surface area contributed by atoms with Gasteiger partial charge in [-0.1, -0.05) is 5.16 Å². The van der Waals surface area contributed by atoms with Crippen molar-refractivity contribution in [1.29, 1.82) is 0 Å². The van der Waals surface area contributed by atoms with Crippen LogP contribution in [0.25, 0.3) is 11.6 Å². The van der Waals surface area contributed by atoms with Crippen molar-refractivity contribution in [3.8, 4) is 11.6 Å². The largest absolute Gasteiger partial charge is 0.347 e. The van der Waals surface area contributed by atoms with Crippen molar-refractivity contribution in [2.24, 2.45) is 0 Å². The Bertz CT molecular complexity index is 1050. The molecule has 3 aliphatic heterocycles. The second kappa shape index (κ2) is 7.30. The summed E-state index contributed by atoms with van der Waals surface area (Å²) in [6, 6.07) is 2.91. The molecule has 1 fully saturated rings. The molecule has 5 rings (SSSR count). The summed E-state index contributed by atoms with van der Waals surface area (Å²) in [6.07, 6.45) is 5.78. The molecular weight excluding hydrogens is 392 g/mol. The van der Waals surface area contributed by atoms with Gasteiger partial charge < -0.3 is 14.3 Å². The van der Waals surface area contributed by atoms with Gasteiger partial charge in [0.2, 0.25) is 0 Å². The second-order valence-electron chi connectivity index (χ2n) is 8.07. The van der Waals surface area contributed by atoms with Crippen LogP contribution < -0.4 is 0 Å². The van der Waals surface area contributed by atoms with E-state index in [9.17, 15) is 13.6 Å². The molecule has 2 aromatic rings. The number of nitrogens with zero attached hydrogens (tertiary/aromatic N) is 5. The minimum absolute atomic E-state index is 0.0308. The van der Waals surface area contributed by atoms with Crippen molar-refractivity contribution >= 4 is 5.91 Å². The van der Waals surface area contributed by atoms with Crippen LogP contribution in [0.15, 0.2) is 46.0 Å². The van der Waals surface area contributed by atoms with Gasteiger partial charge in [0.1, 0.15) is 11.5 Å². The molecule has 2 unspecified atom stereocenters. The molecule has 9 heteroatoms. The fourth-order valence-corrected chi connectivity index (χ4v) is 4.47. The van der Waals surface area contributed by atoms with E-state index in [1.165, 1.54) is 23.1 Å². The lowest BCUT2D eigenvalue weighted by molar-refractivity contribution is -0.131. The Morgan fingerprint density at radius 1 is 1.20 bits per heavy atom. The molecule has 1 amide bonds. The number of likely N-dealkylation sites (N-methyl/N-ethyl adjacent to an activating group) is 1. The first-order valence-corrected chi connectivity index (χ1v) is 10.1. The highest BCUT2D eigenvalue weighted by atomic mass is 19.1. The summed E-state index contributed by atoms with van der Waals surface area (Å²) in [7, 11) is 1.65. The van der Waals surface area contributed by atoms with Crippen LogP contribution in [0.5, 0.6) is 0 Å². The van der Waals surface area contributed by atoms with E-state index in [2.05, 4.69) is 15.1 Å². The third-order valence-electron chi connectivity index (χ3n) is 6.17. The van der Waals surface area contributed by atoms with Crippen molar-refractivity contribution in [2.45, 2.75) is 37.6 Å². The van der Waals surface area contributed by atoms with Gasteiger partial charge in [0.05, 0.1) is 12.7 Å². The molecule has 7 nitrogen and oxygen atoms in total. The average molecular weight is 413 g/mol. The van der Waals surface area contributed by atoms with E-state index in [1.54, 1.807) is 7.05 Å². The number of carbonyl (C=O) groups excluding carboxylic acids is 1. The summed E-state index contributed by atoms with van der Waals surface area (Å²) < 4.78 is 32.4. The maximum absolute atomic E-state index is 14.0. The van der Waals surface area contributed by atoms with E-state index in [0.717, 1.165) is 31.0 Å². The summed E-state index contributed by atoms with van der Waals surface area (Å²) in [5.41, 5.74) is 1.89. The van der Waals surface area contributed by atoms with Gasteiger partial charge in [-0.2, -0.15) is 9.37 Å². The molecule has 1 saturated heterocycles. The normalized spacial score (nSPS) is 24.4. The molecule has 0 aromatic carbocycles. The predicted molar refractivity (Wildman–Crippen MR) is 103 cm³/mol. The van der Waals surface area contributed by atoms with Gasteiger partial charge in [-0.3, -0.25) is 4.79 Å². The fraction of sp³-hybridized carbons (Fsp3) is 0.429. The Morgan fingerprint density at radius 3 is 2.87 bits per heavy atom. The Kier molecular flexibility index (Phi) is 4.60. The van der Waals surface area contributed by atoms with E-state index in [0.29, 0.717) is 30.1 Å². The number of pyridine rings is 1. The van der Waals surface area contributed by atoms with Crippen molar-refractivity contribution in [3.63, 3.8) is 0 Å². The average Bonchev–Trinajstić information content (AvgIpc) is 3.20. The van der Waals surface area contributed by atoms with Crippen molar-refractivity contribution < 1.29 is 18.1 Å². The predicted octanol–water partition coefficient (Wildman–Crippen LogP) is 3.19. The lowest BCUT2D eigenvalue weighted by Gasteiger charge is -2.38. The van der Waals surface area contributed by atoms with E-state index in [-0.39, 0.29) is 36.3 Å².